The normalized spacial score (nSPS) is 17.1. The molecule has 0 radical (unpaired) electrons. The van der Waals surface area contributed by atoms with Crippen LogP contribution in [0.4, 0.5) is 5.69 Å². The molecule has 1 fully saturated rings. The third-order valence-electron chi connectivity index (χ3n) is 3.82. The average molecular weight is 362 g/mol. The summed E-state index contributed by atoms with van der Waals surface area (Å²) in [6.07, 6.45) is 1.42. The van der Waals surface area contributed by atoms with Crippen LogP contribution in [0.1, 0.15) is 28.9 Å². The number of nitrogens with zero attached hydrogens (tertiary/aromatic N) is 1. The molecular formula is C18H20ClN3O3. The molecule has 1 aliphatic heterocycles. The van der Waals surface area contributed by atoms with Gasteiger partial charge < -0.3 is 20.1 Å². The molecular weight excluding hydrogens is 342 g/mol. The molecule has 0 aliphatic carbocycles. The number of carbonyl (C=O) groups excluding carboxylic acids is 1. The van der Waals surface area contributed by atoms with E-state index in [-0.39, 0.29) is 12.0 Å². The highest BCUT2D eigenvalue weighted by molar-refractivity contribution is 6.31. The zero-order valence-electron chi connectivity index (χ0n) is 13.9. The summed E-state index contributed by atoms with van der Waals surface area (Å²) in [6, 6.07) is 8.77. The van der Waals surface area contributed by atoms with Crippen molar-refractivity contribution in [1.29, 1.82) is 0 Å². The quantitative estimate of drug-likeness (QED) is 0.856. The van der Waals surface area contributed by atoms with E-state index in [9.17, 15) is 4.79 Å². The van der Waals surface area contributed by atoms with E-state index >= 15 is 0 Å². The summed E-state index contributed by atoms with van der Waals surface area (Å²) >= 11 is 6.36. The lowest BCUT2D eigenvalue weighted by atomic mass is 10.1. The molecule has 0 saturated carbocycles. The predicted molar refractivity (Wildman–Crippen MR) is 96.4 cm³/mol. The number of anilines is 1. The van der Waals surface area contributed by atoms with Crippen LogP contribution >= 0.6 is 11.6 Å². The van der Waals surface area contributed by atoms with Crippen LogP contribution in [-0.4, -0.2) is 37.2 Å². The number of rotatable bonds is 5. The van der Waals surface area contributed by atoms with E-state index in [4.69, 9.17) is 21.1 Å². The molecule has 2 heterocycles. The standard InChI is InChI=1S/C18H20ClN3O3/c1-2-24-17-6-3-12(10-21-17)18(23)22-13-4-5-14(15(19)9-13)16-11-20-7-8-25-16/h3-6,9-10,16,20H,2,7-8,11H2,1H3,(H,22,23)/t16-/m1/s1. The first kappa shape index (κ1) is 17.7. The maximum absolute atomic E-state index is 12.3. The topological polar surface area (TPSA) is 72.5 Å². The van der Waals surface area contributed by atoms with Gasteiger partial charge in [0.25, 0.3) is 5.91 Å². The van der Waals surface area contributed by atoms with Crippen molar-refractivity contribution in [3.63, 3.8) is 0 Å². The minimum atomic E-state index is -0.255. The van der Waals surface area contributed by atoms with Gasteiger partial charge in [-0.3, -0.25) is 4.79 Å². The van der Waals surface area contributed by atoms with Gasteiger partial charge >= 0.3 is 0 Å². The summed E-state index contributed by atoms with van der Waals surface area (Å²) in [7, 11) is 0. The van der Waals surface area contributed by atoms with Crippen LogP contribution in [0.2, 0.25) is 5.02 Å². The van der Waals surface area contributed by atoms with Crippen molar-refractivity contribution in [1.82, 2.24) is 10.3 Å². The minimum Gasteiger partial charge on any atom is -0.478 e. The first-order valence-corrected chi connectivity index (χ1v) is 8.57. The number of pyridine rings is 1. The number of hydrogen-bond acceptors (Lipinski definition) is 5. The number of nitrogens with one attached hydrogen (secondary N) is 2. The first-order chi connectivity index (χ1) is 12.2. The van der Waals surface area contributed by atoms with Gasteiger partial charge in [-0.1, -0.05) is 17.7 Å². The SMILES string of the molecule is CCOc1ccc(C(=O)Nc2ccc([C@H]3CNCCO3)c(Cl)c2)cn1. The minimum absolute atomic E-state index is 0.0682. The van der Waals surface area contributed by atoms with Crippen LogP contribution in [0.5, 0.6) is 5.88 Å². The Morgan fingerprint density at radius 3 is 2.96 bits per heavy atom. The third-order valence-corrected chi connectivity index (χ3v) is 4.15. The second kappa shape index (κ2) is 8.29. The van der Waals surface area contributed by atoms with Crippen molar-refractivity contribution in [3.05, 3.63) is 52.7 Å². The number of amides is 1. The molecule has 0 bridgehead atoms. The fraction of sp³-hybridized carbons (Fsp3) is 0.333. The Morgan fingerprint density at radius 1 is 1.44 bits per heavy atom. The summed E-state index contributed by atoms with van der Waals surface area (Å²) in [6.45, 7) is 4.64. The lowest BCUT2D eigenvalue weighted by Crippen LogP contribution is -2.33. The number of carbonyl (C=O) groups is 1. The van der Waals surface area contributed by atoms with Gasteiger partial charge in [-0.2, -0.15) is 0 Å². The van der Waals surface area contributed by atoms with Crippen LogP contribution in [-0.2, 0) is 4.74 Å². The Hall–Kier alpha value is -2.15. The zero-order chi connectivity index (χ0) is 17.6. The van der Waals surface area contributed by atoms with E-state index in [1.807, 2.05) is 19.1 Å². The van der Waals surface area contributed by atoms with Crippen LogP contribution in [0.3, 0.4) is 0 Å². The zero-order valence-corrected chi connectivity index (χ0v) is 14.7. The molecule has 7 heteroatoms. The number of benzene rings is 1. The number of halogens is 1. The first-order valence-electron chi connectivity index (χ1n) is 8.19. The van der Waals surface area contributed by atoms with E-state index in [2.05, 4.69) is 15.6 Å². The molecule has 0 unspecified atom stereocenters. The van der Waals surface area contributed by atoms with Crippen molar-refractivity contribution < 1.29 is 14.3 Å². The summed E-state index contributed by atoms with van der Waals surface area (Å²) in [5, 5.41) is 6.66. The lowest BCUT2D eigenvalue weighted by molar-refractivity contribution is 0.0278. The monoisotopic (exact) mass is 361 g/mol. The number of morpholine rings is 1. The van der Waals surface area contributed by atoms with Crippen molar-refractivity contribution in [3.8, 4) is 5.88 Å². The molecule has 132 valence electrons. The fourth-order valence-corrected chi connectivity index (χ4v) is 2.88. The highest BCUT2D eigenvalue weighted by Gasteiger charge is 2.19. The molecule has 1 saturated heterocycles. The smallest absolute Gasteiger partial charge is 0.257 e. The van der Waals surface area contributed by atoms with Crippen LogP contribution in [0.15, 0.2) is 36.5 Å². The second-order valence-corrected chi connectivity index (χ2v) is 5.98. The summed E-state index contributed by atoms with van der Waals surface area (Å²) in [5.41, 5.74) is 1.98. The predicted octanol–water partition coefficient (Wildman–Crippen LogP) is 3.05. The van der Waals surface area contributed by atoms with Gasteiger partial charge in [-0.05, 0) is 25.1 Å². The summed E-state index contributed by atoms with van der Waals surface area (Å²) in [5.74, 6) is 0.238. The Bertz CT molecular complexity index is 731. The Kier molecular flexibility index (Phi) is 5.86. The molecule has 3 rings (SSSR count). The van der Waals surface area contributed by atoms with E-state index in [0.717, 1.165) is 18.7 Å². The third kappa shape index (κ3) is 4.48. The van der Waals surface area contributed by atoms with Gasteiger partial charge in [0.1, 0.15) is 0 Å². The van der Waals surface area contributed by atoms with Gasteiger partial charge in [0, 0.05) is 41.6 Å². The maximum atomic E-state index is 12.3. The van der Waals surface area contributed by atoms with Crippen molar-refractivity contribution in [2.75, 3.05) is 31.6 Å². The van der Waals surface area contributed by atoms with Gasteiger partial charge in [-0.25, -0.2) is 4.98 Å². The molecule has 1 atom stereocenters. The van der Waals surface area contributed by atoms with Gasteiger partial charge in [-0.15, -0.1) is 0 Å². The molecule has 2 N–H and O–H groups in total. The van der Waals surface area contributed by atoms with E-state index in [1.54, 1.807) is 18.2 Å². The molecule has 25 heavy (non-hydrogen) atoms. The largest absolute Gasteiger partial charge is 0.478 e. The van der Waals surface area contributed by atoms with E-state index in [0.29, 0.717) is 35.4 Å². The lowest BCUT2D eigenvalue weighted by Gasteiger charge is -2.25. The molecule has 2 aromatic rings. The molecule has 1 aliphatic rings. The number of hydrogen-bond donors (Lipinski definition) is 2. The Balaban J connectivity index is 1.67. The van der Waals surface area contributed by atoms with Crippen molar-refractivity contribution in [2.24, 2.45) is 0 Å². The van der Waals surface area contributed by atoms with Gasteiger partial charge in [0.15, 0.2) is 0 Å². The number of aromatic nitrogens is 1. The maximum Gasteiger partial charge on any atom is 0.257 e. The van der Waals surface area contributed by atoms with Crippen LogP contribution in [0.25, 0.3) is 0 Å². The van der Waals surface area contributed by atoms with E-state index < -0.39 is 0 Å². The molecule has 1 aromatic carbocycles. The fourth-order valence-electron chi connectivity index (χ4n) is 2.58. The highest BCUT2D eigenvalue weighted by atomic mass is 35.5. The van der Waals surface area contributed by atoms with E-state index in [1.165, 1.54) is 6.20 Å². The van der Waals surface area contributed by atoms with Crippen LogP contribution in [0, 0.1) is 0 Å². The van der Waals surface area contributed by atoms with Crippen LogP contribution < -0.4 is 15.4 Å². The average Bonchev–Trinajstić information content (AvgIpc) is 2.63. The second-order valence-electron chi connectivity index (χ2n) is 5.57. The van der Waals surface area contributed by atoms with Crippen molar-refractivity contribution >= 4 is 23.2 Å². The van der Waals surface area contributed by atoms with Gasteiger partial charge in [0.2, 0.25) is 5.88 Å². The summed E-state index contributed by atoms with van der Waals surface area (Å²) < 4.78 is 11.0. The molecule has 0 spiro atoms. The summed E-state index contributed by atoms with van der Waals surface area (Å²) in [4.78, 5) is 16.4. The highest BCUT2D eigenvalue weighted by Crippen LogP contribution is 2.29. The molecule has 1 amide bonds. The Labute approximate surface area is 151 Å². The Morgan fingerprint density at radius 2 is 2.32 bits per heavy atom. The van der Waals surface area contributed by atoms with Crippen molar-refractivity contribution in [2.45, 2.75) is 13.0 Å². The molecule has 6 nitrogen and oxygen atoms in total. The molecule has 1 aromatic heterocycles. The number of ether oxygens (including phenoxy) is 2. The van der Waals surface area contributed by atoms with Gasteiger partial charge in [0.05, 0.1) is 24.9 Å².